The predicted molar refractivity (Wildman–Crippen MR) is 106 cm³/mol. The molecule has 1 saturated heterocycles. The number of aliphatic hydroxyl groups is 1. The van der Waals surface area contributed by atoms with Crippen molar-refractivity contribution in [2.75, 3.05) is 39.0 Å². The van der Waals surface area contributed by atoms with Crippen molar-refractivity contribution in [2.24, 2.45) is 0 Å². The molecule has 0 bridgehead atoms. The molecule has 3 rings (SSSR count). The van der Waals surface area contributed by atoms with Crippen molar-refractivity contribution in [2.45, 2.75) is 30.6 Å². The molecule has 2 aromatic rings. The molecule has 1 N–H and O–H groups in total. The van der Waals surface area contributed by atoms with Crippen molar-refractivity contribution < 1.29 is 5.11 Å². The predicted octanol–water partition coefficient (Wildman–Crippen LogP) is 2.31. The molecule has 26 heavy (non-hydrogen) atoms. The maximum absolute atomic E-state index is 9.49. The summed E-state index contributed by atoms with van der Waals surface area (Å²) in [5.41, 5.74) is 2.53. The minimum absolute atomic E-state index is 0.242. The van der Waals surface area contributed by atoms with E-state index >= 15 is 0 Å². The van der Waals surface area contributed by atoms with Crippen LogP contribution in [-0.2, 0) is 13.0 Å². The monoisotopic (exact) mass is 372 g/mol. The summed E-state index contributed by atoms with van der Waals surface area (Å²) in [6, 6.07) is 11.0. The highest BCUT2D eigenvalue weighted by Gasteiger charge is 2.26. The maximum Gasteiger partial charge on any atom is 0.187 e. The van der Waals surface area contributed by atoms with E-state index in [1.807, 2.05) is 18.6 Å². The van der Waals surface area contributed by atoms with Gasteiger partial charge in [0.1, 0.15) is 0 Å². The first-order valence-electron chi connectivity index (χ1n) is 9.24. The zero-order valence-corrected chi connectivity index (χ0v) is 16.2. The average molecular weight is 373 g/mol. The molecule has 1 unspecified atom stereocenters. The summed E-state index contributed by atoms with van der Waals surface area (Å²) < 4.78 is 0. The van der Waals surface area contributed by atoms with Crippen molar-refractivity contribution in [3.8, 4) is 0 Å². The van der Waals surface area contributed by atoms with Crippen LogP contribution in [0.2, 0.25) is 0 Å². The van der Waals surface area contributed by atoms with Crippen LogP contribution in [0.1, 0.15) is 17.5 Å². The lowest BCUT2D eigenvalue weighted by Crippen LogP contribution is -2.53. The molecule has 6 heteroatoms. The van der Waals surface area contributed by atoms with Crippen LogP contribution >= 0.6 is 11.8 Å². The van der Waals surface area contributed by atoms with E-state index in [0.717, 1.165) is 56.3 Å². The third-order valence-corrected chi connectivity index (χ3v) is 5.53. The number of benzene rings is 1. The van der Waals surface area contributed by atoms with Gasteiger partial charge in [0.25, 0.3) is 0 Å². The summed E-state index contributed by atoms with van der Waals surface area (Å²) in [5.74, 6) is 0. The van der Waals surface area contributed by atoms with E-state index in [4.69, 9.17) is 0 Å². The van der Waals surface area contributed by atoms with Crippen molar-refractivity contribution in [3.05, 3.63) is 53.9 Å². The van der Waals surface area contributed by atoms with Gasteiger partial charge in [-0.2, -0.15) is 0 Å². The standard InChI is InChI=1S/C20H28N4OS/c1-26-20-21-13-18(14-22-20)15-23-10-11-24(19(16-23)8-12-25)9-7-17-5-3-2-4-6-17/h2-6,13-14,19,25H,7-12,15-16H2,1H3. The molecule has 140 valence electrons. The molecule has 1 aromatic carbocycles. The number of hydrogen-bond acceptors (Lipinski definition) is 6. The van der Waals surface area contributed by atoms with E-state index < -0.39 is 0 Å². The first-order chi connectivity index (χ1) is 12.8. The highest BCUT2D eigenvalue weighted by Crippen LogP contribution is 2.17. The summed E-state index contributed by atoms with van der Waals surface area (Å²) in [6.45, 7) is 5.24. The number of piperazine rings is 1. The van der Waals surface area contributed by atoms with E-state index in [2.05, 4.69) is 50.1 Å². The van der Waals surface area contributed by atoms with Crippen molar-refractivity contribution in [1.29, 1.82) is 0 Å². The molecule has 1 aromatic heterocycles. The molecule has 0 radical (unpaired) electrons. The van der Waals surface area contributed by atoms with Gasteiger partial charge in [0, 0.05) is 63.3 Å². The van der Waals surface area contributed by atoms with Crippen LogP contribution in [-0.4, -0.2) is 70.0 Å². The first-order valence-corrected chi connectivity index (χ1v) is 10.5. The third kappa shape index (κ3) is 5.51. The topological polar surface area (TPSA) is 52.5 Å². The average Bonchev–Trinajstić information content (AvgIpc) is 2.69. The van der Waals surface area contributed by atoms with Gasteiger partial charge in [0.2, 0.25) is 0 Å². The van der Waals surface area contributed by atoms with Gasteiger partial charge in [-0.15, -0.1) is 0 Å². The number of thioether (sulfide) groups is 1. The number of rotatable bonds is 8. The molecule has 0 amide bonds. The number of hydrogen-bond donors (Lipinski definition) is 1. The molecule has 1 aliphatic heterocycles. The molecule has 1 aliphatic rings. The van der Waals surface area contributed by atoms with Crippen LogP contribution in [0, 0.1) is 0 Å². The molecular formula is C20H28N4OS. The minimum Gasteiger partial charge on any atom is -0.396 e. The molecule has 1 fully saturated rings. The van der Waals surface area contributed by atoms with Crippen molar-refractivity contribution in [3.63, 3.8) is 0 Å². The SMILES string of the molecule is CSc1ncc(CN2CCN(CCc3ccccc3)C(CCO)C2)cn1. The fourth-order valence-corrected chi connectivity index (χ4v) is 3.84. The molecule has 0 spiro atoms. The smallest absolute Gasteiger partial charge is 0.187 e. The van der Waals surface area contributed by atoms with Crippen LogP contribution < -0.4 is 0 Å². The lowest BCUT2D eigenvalue weighted by molar-refractivity contribution is 0.0561. The Morgan fingerprint density at radius 3 is 2.58 bits per heavy atom. The Balaban J connectivity index is 1.54. The summed E-state index contributed by atoms with van der Waals surface area (Å²) >= 11 is 1.56. The number of nitrogens with zero attached hydrogens (tertiary/aromatic N) is 4. The first kappa shape index (κ1) is 19.3. The van der Waals surface area contributed by atoms with Gasteiger partial charge >= 0.3 is 0 Å². The Morgan fingerprint density at radius 2 is 1.88 bits per heavy atom. The lowest BCUT2D eigenvalue weighted by atomic mass is 10.1. The highest BCUT2D eigenvalue weighted by atomic mass is 32.2. The van der Waals surface area contributed by atoms with Crippen LogP contribution in [0.25, 0.3) is 0 Å². The van der Waals surface area contributed by atoms with E-state index in [-0.39, 0.29) is 6.61 Å². The second-order valence-electron chi connectivity index (χ2n) is 6.75. The summed E-state index contributed by atoms with van der Waals surface area (Å²) in [5, 5.41) is 10.3. The van der Waals surface area contributed by atoms with Gasteiger partial charge in [0.15, 0.2) is 5.16 Å². The van der Waals surface area contributed by atoms with Gasteiger partial charge in [-0.3, -0.25) is 9.80 Å². The van der Waals surface area contributed by atoms with Gasteiger partial charge in [-0.05, 0) is 24.7 Å². The maximum atomic E-state index is 9.49. The van der Waals surface area contributed by atoms with Gasteiger partial charge in [-0.1, -0.05) is 42.1 Å². The molecule has 5 nitrogen and oxygen atoms in total. The highest BCUT2D eigenvalue weighted by molar-refractivity contribution is 7.98. The Bertz CT molecular complexity index is 653. The normalized spacial score (nSPS) is 18.9. The molecule has 1 atom stereocenters. The third-order valence-electron chi connectivity index (χ3n) is 4.95. The van der Waals surface area contributed by atoms with Crippen LogP contribution in [0.4, 0.5) is 0 Å². The van der Waals surface area contributed by atoms with Crippen LogP contribution in [0.5, 0.6) is 0 Å². The molecule has 2 heterocycles. The van der Waals surface area contributed by atoms with Crippen LogP contribution in [0.15, 0.2) is 47.9 Å². The Labute approximate surface area is 160 Å². The van der Waals surface area contributed by atoms with Crippen molar-refractivity contribution >= 4 is 11.8 Å². The zero-order chi connectivity index (χ0) is 18.2. The Morgan fingerprint density at radius 1 is 1.12 bits per heavy atom. The van der Waals surface area contributed by atoms with E-state index in [9.17, 15) is 5.11 Å². The van der Waals surface area contributed by atoms with Crippen molar-refractivity contribution in [1.82, 2.24) is 19.8 Å². The summed E-state index contributed by atoms with van der Waals surface area (Å²) in [4.78, 5) is 13.7. The number of aromatic nitrogens is 2. The zero-order valence-electron chi connectivity index (χ0n) is 15.4. The van der Waals surface area contributed by atoms with E-state index in [1.54, 1.807) is 11.8 Å². The Kier molecular flexibility index (Phi) is 7.43. The minimum atomic E-state index is 0.242. The number of aliphatic hydroxyl groups excluding tert-OH is 1. The Hall–Kier alpha value is -1.47. The van der Waals surface area contributed by atoms with Gasteiger partial charge in [0.05, 0.1) is 0 Å². The second-order valence-corrected chi connectivity index (χ2v) is 7.52. The molecule has 0 aliphatic carbocycles. The van der Waals surface area contributed by atoms with E-state index in [1.165, 1.54) is 5.56 Å². The van der Waals surface area contributed by atoms with E-state index in [0.29, 0.717) is 6.04 Å². The molecule has 0 saturated carbocycles. The van der Waals surface area contributed by atoms with Crippen LogP contribution in [0.3, 0.4) is 0 Å². The quantitative estimate of drug-likeness (QED) is 0.567. The van der Waals surface area contributed by atoms with Gasteiger partial charge in [-0.25, -0.2) is 9.97 Å². The lowest BCUT2D eigenvalue weighted by Gasteiger charge is -2.41. The molecular weight excluding hydrogens is 344 g/mol. The fraction of sp³-hybridized carbons (Fsp3) is 0.500. The summed E-state index contributed by atoms with van der Waals surface area (Å²) in [6.07, 6.45) is 7.74. The largest absolute Gasteiger partial charge is 0.396 e. The summed E-state index contributed by atoms with van der Waals surface area (Å²) in [7, 11) is 0. The van der Waals surface area contributed by atoms with Gasteiger partial charge < -0.3 is 5.11 Å². The second kappa shape index (κ2) is 10.0. The fourth-order valence-electron chi connectivity index (χ4n) is 3.52.